The summed E-state index contributed by atoms with van der Waals surface area (Å²) in [6.07, 6.45) is 1.96. The Labute approximate surface area is 125 Å². The molecular formula is C16H22O5. The summed E-state index contributed by atoms with van der Waals surface area (Å²) in [5.74, 6) is 0.850. The predicted molar refractivity (Wildman–Crippen MR) is 79.5 cm³/mol. The van der Waals surface area contributed by atoms with Crippen LogP contribution in [0.3, 0.4) is 0 Å². The lowest BCUT2D eigenvalue weighted by atomic mass is 10.1. The third-order valence-electron chi connectivity index (χ3n) is 2.84. The average Bonchev–Trinajstić information content (AvgIpc) is 2.51. The molecule has 5 nitrogen and oxygen atoms in total. The van der Waals surface area contributed by atoms with E-state index in [1.807, 2.05) is 6.92 Å². The number of ether oxygens (including phenoxy) is 3. The quantitative estimate of drug-likeness (QED) is 0.589. The molecule has 1 rings (SSSR count). The lowest BCUT2D eigenvalue weighted by Gasteiger charge is -2.20. The standard InChI is InChI=1S/C16H22O5/c1-4-14(17)15(10-11-16(18)20-5-2)21-13-8-6-12(19-3)7-9-13/h6-11,14-15,17H,4-5H2,1-3H3/b11-10+/t14-,15-/m0/s1. The van der Waals surface area contributed by atoms with Gasteiger partial charge in [0.05, 0.1) is 19.8 Å². The maximum absolute atomic E-state index is 11.3. The van der Waals surface area contributed by atoms with E-state index in [1.165, 1.54) is 12.2 Å². The summed E-state index contributed by atoms with van der Waals surface area (Å²) in [7, 11) is 1.58. The van der Waals surface area contributed by atoms with Gasteiger partial charge in [-0.3, -0.25) is 0 Å². The van der Waals surface area contributed by atoms with E-state index in [-0.39, 0.29) is 0 Å². The van der Waals surface area contributed by atoms with Crippen LogP contribution in [-0.2, 0) is 9.53 Å². The second-order valence-corrected chi connectivity index (χ2v) is 4.34. The molecule has 0 amide bonds. The van der Waals surface area contributed by atoms with Gasteiger partial charge in [-0.25, -0.2) is 4.79 Å². The van der Waals surface area contributed by atoms with Crippen LogP contribution in [-0.4, -0.2) is 37.0 Å². The summed E-state index contributed by atoms with van der Waals surface area (Å²) >= 11 is 0. The molecule has 5 heteroatoms. The highest BCUT2D eigenvalue weighted by Crippen LogP contribution is 2.20. The summed E-state index contributed by atoms with van der Waals surface area (Å²) in [6.45, 7) is 3.88. The molecule has 1 aromatic rings. The van der Waals surface area contributed by atoms with Crippen LogP contribution in [0, 0.1) is 0 Å². The highest BCUT2D eigenvalue weighted by Gasteiger charge is 2.17. The minimum atomic E-state index is -0.710. The topological polar surface area (TPSA) is 65.0 Å². The average molecular weight is 294 g/mol. The Bertz CT molecular complexity index is 452. The van der Waals surface area contributed by atoms with E-state index in [0.29, 0.717) is 18.8 Å². The van der Waals surface area contributed by atoms with Gasteiger partial charge in [-0.1, -0.05) is 6.92 Å². The molecule has 0 unspecified atom stereocenters. The zero-order chi connectivity index (χ0) is 15.7. The minimum Gasteiger partial charge on any atom is -0.497 e. The molecule has 0 bridgehead atoms. The molecule has 0 aliphatic rings. The van der Waals surface area contributed by atoms with Gasteiger partial charge >= 0.3 is 5.97 Å². The van der Waals surface area contributed by atoms with Crippen molar-refractivity contribution in [3.63, 3.8) is 0 Å². The fourth-order valence-corrected chi connectivity index (χ4v) is 1.65. The van der Waals surface area contributed by atoms with E-state index in [1.54, 1.807) is 38.3 Å². The predicted octanol–water partition coefficient (Wildman–Crippen LogP) is 2.33. The first kappa shape index (κ1) is 17.0. The normalized spacial score (nSPS) is 13.7. The maximum Gasteiger partial charge on any atom is 0.330 e. The maximum atomic E-state index is 11.3. The molecule has 21 heavy (non-hydrogen) atoms. The molecule has 0 aliphatic heterocycles. The number of hydrogen-bond donors (Lipinski definition) is 1. The van der Waals surface area contributed by atoms with Crippen molar-refractivity contribution in [1.29, 1.82) is 0 Å². The van der Waals surface area contributed by atoms with Crippen molar-refractivity contribution in [1.82, 2.24) is 0 Å². The van der Waals surface area contributed by atoms with Crippen molar-refractivity contribution in [2.24, 2.45) is 0 Å². The van der Waals surface area contributed by atoms with Crippen molar-refractivity contribution in [2.45, 2.75) is 32.5 Å². The van der Waals surface area contributed by atoms with Crippen LogP contribution < -0.4 is 9.47 Å². The Morgan fingerprint density at radius 1 is 1.24 bits per heavy atom. The molecule has 0 saturated heterocycles. The number of aliphatic hydroxyl groups is 1. The van der Waals surface area contributed by atoms with Crippen LogP contribution in [0.15, 0.2) is 36.4 Å². The SMILES string of the molecule is CCOC(=O)/C=C/[C@H](Oc1ccc(OC)cc1)[C@@H](O)CC. The molecule has 1 N–H and O–H groups in total. The van der Waals surface area contributed by atoms with Crippen LogP contribution in [0.2, 0.25) is 0 Å². The third kappa shape index (κ3) is 5.87. The lowest BCUT2D eigenvalue weighted by molar-refractivity contribution is -0.137. The molecule has 116 valence electrons. The van der Waals surface area contributed by atoms with E-state index in [9.17, 15) is 9.90 Å². The molecule has 0 radical (unpaired) electrons. The van der Waals surface area contributed by atoms with Gasteiger partial charge in [0.15, 0.2) is 0 Å². The first-order valence-electron chi connectivity index (χ1n) is 6.94. The van der Waals surface area contributed by atoms with Crippen LogP contribution >= 0.6 is 0 Å². The lowest BCUT2D eigenvalue weighted by Crippen LogP contribution is -2.29. The molecule has 1 aromatic carbocycles. The Hall–Kier alpha value is -2.01. The van der Waals surface area contributed by atoms with Crippen molar-refractivity contribution >= 4 is 5.97 Å². The van der Waals surface area contributed by atoms with E-state index in [0.717, 1.165) is 5.75 Å². The van der Waals surface area contributed by atoms with Gasteiger partial charge in [0.2, 0.25) is 0 Å². The smallest absolute Gasteiger partial charge is 0.330 e. The van der Waals surface area contributed by atoms with Gasteiger partial charge < -0.3 is 19.3 Å². The van der Waals surface area contributed by atoms with Gasteiger partial charge in [0.25, 0.3) is 0 Å². The van der Waals surface area contributed by atoms with Gasteiger partial charge in [-0.2, -0.15) is 0 Å². The van der Waals surface area contributed by atoms with Crippen LogP contribution in [0.5, 0.6) is 11.5 Å². The Morgan fingerprint density at radius 3 is 2.38 bits per heavy atom. The molecule has 0 fully saturated rings. The largest absolute Gasteiger partial charge is 0.497 e. The molecular weight excluding hydrogens is 272 g/mol. The summed E-state index contributed by atoms with van der Waals surface area (Å²) in [6, 6.07) is 7.01. The van der Waals surface area contributed by atoms with E-state index in [2.05, 4.69) is 0 Å². The fraction of sp³-hybridized carbons (Fsp3) is 0.438. The summed E-state index contributed by atoms with van der Waals surface area (Å²) in [4.78, 5) is 11.3. The van der Waals surface area contributed by atoms with Crippen molar-refractivity contribution in [3.8, 4) is 11.5 Å². The molecule has 0 spiro atoms. The van der Waals surface area contributed by atoms with Crippen molar-refractivity contribution < 1.29 is 24.1 Å². The Kier molecular flexibility index (Phi) is 7.32. The Balaban J connectivity index is 2.75. The second kappa shape index (κ2) is 9.02. The van der Waals surface area contributed by atoms with Crippen molar-refractivity contribution in [2.75, 3.05) is 13.7 Å². The number of esters is 1. The molecule has 0 aromatic heterocycles. The third-order valence-corrected chi connectivity index (χ3v) is 2.84. The van der Waals surface area contributed by atoms with Crippen LogP contribution in [0.25, 0.3) is 0 Å². The molecule has 2 atom stereocenters. The molecule has 0 aliphatic carbocycles. The van der Waals surface area contributed by atoms with E-state index in [4.69, 9.17) is 14.2 Å². The number of rotatable bonds is 8. The number of carbonyl (C=O) groups is 1. The number of aliphatic hydroxyl groups excluding tert-OH is 1. The first-order chi connectivity index (χ1) is 10.1. The van der Waals surface area contributed by atoms with Crippen molar-refractivity contribution in [3.05, 3.63) is 36.4 Å². The van der Waals surface area contributed by atoms with E-state index >= 15 is 0 Å². The number of benzene rings is 1. The zero-order valence-electron chi connectivity index (χ0n) is 12.6. The number of methoxy groups -OCH3 is 1. The highest BCUT2D eigenvalue weighted by molar-refractivity contribution is 5.81. The van der Waals surface area contributed by atoms with Crippen LogP contribution in [0.1, 0.15) is 20.3 Å². The Morgan fingerprint density at radius 2 is 1.86 bits per heavy atom. The second-order valence-electron chi connectivity index (χ2n) is 4.34. The zero-order valence-corrected chi connectivity index (χ0v) is 12.6. The summed E-state index contributed by atoms with van der Waals surface area (Å²) in [5, 5.41) is 9.97. The fourth-order valence-electron chi connectivity index (χ4n) is 1.65. The minimum absolute atomic E-state index is 0.309. The summed E-state index contributed by atoms with van der Waals surface area (Å²) in [5.41, 5.74) is 0. The summed E-state index contributed by atoms with van der Waals surface area (Å²) < 4.78 is 15.6. The first-order valence-corrected chi connectivity index (χ1v) is 6.94. The van der Waals surface area contributed by atoms with Gasteiger partial charge in [-0.15, -0.1) is 0 Å². The van der Waals surface area contributed by atoms with E-state index < -0.39 is 18.2 Å². The van der Waals surface area contributed by atoms with Gasteiger partial charge in [0, 0.05) is 6.08 Å². The van der Waals surface area contributed by atoms with Gasteiger partial charge in [-0.05, 0) is 43.7 Å². The highest BCUT2D eigenvalue weighted by atomic mass is 16.5. The number of hydrogen-bond acceptors (Lipinski definition) is 5. The number of carbonyl (C=O) groups excluding carboxylic acids is 1. The van der Waals surface area contributed by atoms with Crippen LogP contribution in [0.4, 0.5) is 0 Å². The van der Waals surface area contributed by atoms with Gasteiger partial charge in [0.1, 0.15) is 17.6 Å². The molecule has 0 saturated carbocycles. The monoisotopic (exact) mass is 294 g/mol. The molecule has 0 heterocycles.